The lowest BCUT2D eigenvalue weighted by Gasteiger charge is -2.15. The van der Waals surface area contributed by atoms with Crippen LogP contribution >= 0.6 is 11.6 Å². The maximum absolute atomic E-state index is 6.16. The largest absolute Gasteiger partial charge is 0.373 e. The predicted octanol–water partition coefficient (Wildman–Crippen LogP) is 4.57. The number of hydrogen-bond donors (Lipinski definition) is 1. The average molecular weight is 306 g/mol. The molecule has 1 fully saturated rings. The third-order valence-corrected chi connectivity index (χ3v) is 4.51. The highest BCUT2D eigenvalue weighted by molar-refractivity contribution is 6.19. The van der Waals surface area contributed by atoms with Crippen molar-refractivity contribution < 1.29 is 10.5 Å². The Labute approximate surface area is 131 Å². The molecule has 1 aliphatic heterocycles. The summed E-state index contributed by atoms with van der Waals surface area (Å²) in [6, 6.07) is 0. The summed E-state index contributed by atoms with van der Waals surface area (Å²) in [5.41, 5.74) is 4.04. The van der Waals surface area contributed by atoms with E-state index < -0.39 is 0 Å². The van der Waals surface area contributed by atoms with Crippen LogP contribution in [0.25, 0.3) is 0 Å². The topological polar surface area (TPSA) is 40.2 Å². The molecule has 122 valence electrons. The van der Waals surface area contributed by atoms with Crippen LogP contribution in [0.3, 0.4) is 0 Å². The SMILES string of the molecule is CCCCCCCCCCCC(CC1CO1)C([NH3+])Cl.[CH3-]. The van der Waals surface area contributed by atoms with Gasteiger partial charge in [0.2, 0.25) is 0 Å². The van der Waals surface area contributed by atoms with E-state index in [1.165, 1.54) is 64.2 Å². The van der Waals surface area contributed by atoms with Gasteiger partial charge >= 0.3 is 0 Å². The Balaban J connectivity index is 0.00000361. The molecule has 3 atom stereocenters. The number of quaternary nitrogens is 1. The second-order valence-electron chi connectivity index (χ2n) is 6.08. The quantitative estimate of drug-likeness (QED) is 0.175. The van der Waals surface area contributed by atoms with Crippen molar-refractivity contribution in [2.75, 3.05) is 6.61 Å². The summed E-state index contributed by atoms with van der Waals surface area (Å²) in [7, 11) is 0. The lowest BCUT2D eigenvalue weighted by atomic mass is 9.95. The molecule has 2 nitrogen and oxygen atoms in total. The van der Waals surface area contributed by atoms with Crippen LogP contribution in [0, 0.1) is 13.3 Å². The molecule has 1 rings (SSSR count). The van der Waals surface area contributed by atoms with Crippen molar-refractivity contribution in [2.24, 2.45) is 5.92 Å². The first-order valence-electron chi connectivity index (χ1n) is 8.32. The molecule has 3 unspecified atom stereocenters. The summed E-state index contributed by atoms with van der Waals surface area (Å²) < 4.78 is 5.29. The summed E-state index contributed by atoms with van der Waals surface area (Å²) in [5.74, 6) is 0.554. The van der Waals surface area contributed by atoms with Gasteiger partial charge in [0.15, 0.2) is 5.50 Å². The standard InChI is InChI=1S/C16H32ClNO.CH3/c1-2-3-4-5-6-7-8-9-10-11-14(16(17)18)12-15-13-19-15;/h14-16H,2-13,18H2,1H3;1H3/q;-1/p+1. The van der Waals surface area contributed by atoms with E-state index in [0.29, 0.717) is 12.0 Å². The van der Waals surface area contributed by atoms with Crippen LogP contribution in [-0.2, 0) is 4.74 Å². The molecular formula is C17H36ClNO. The Morgan fingerprint density at radius 2 is 1.55 bits per heavy atom. The van der Waals surface area contributed by atoms with Crippen LogP contribution in [0.5, 0.6) is 0 Å². The van der Waals surface area contributed by atoms with Crippen molar-refractivity contribution in [3.63, 3.8) is 0 Å². The maximum Gasteiger partial charge on any atom is 0.163 e. The van der Waals surface area contributed by atoms with Gasteiger partial charge in [-0.05, 0) is 12.8 Å². The number of unbranched alkanes of at least 4 members (excludes halogenated alkanes) is 8. The maximum atomic E-state index is 6.16. The van der Waals surface area contributed by atoms with E-state index in [0.717, 1.165) is 13.0 Å². The van der Waals surface area contributed by atoms with Crippen molar-refractivity contribution >= 4 is 11.6 Å². The van der Waals surface area contributed by atoms with E-state index in [4.69, 9.17) is 16.3 Å². The summed E-state index contributed by atoms with van der Waals surface area (Å²) in [4.78, 5) is 0. The molecule has 0 spiro atoms. The minimum absolute atomic E-state index is 0. The summed E-state index contributed by atoms with van der Waals surface area (Å²) in [6.07, 6.45) is 15.3. The Bertz CT molecular complexity index is 207. The Kier molecular flexibility index (Phi) is 13.0. The van der Waals surface area contributed by atoms with Gasteiger partial charge < -0.3 is 17.9 Å². The summed E-state index contributed by atoms with van der Waals surface area (Å²) in [5, 5.41) is 0. The fourth-order valence-corrected chi connectivity index (χ4v) is 2.93. The molecule has 0 aromatic carbocycles. The molecule has 20 heavy (non-hydrogen) atoms. The van der Waals surface area contributed by atoms with Crippen LogP contribution in [0.2, 0.25) is 0 Å². The molecule has 0 aliphatic carbocycles. The average Bonchev–Trinajstić information content (AvgIpc) is 3.19. The van der Waals surface area contributed by atoms with Gasteiger partial charge in [-0.1, -0.05) is 76.3 Å². The molecular weight excluding hydrogens is 270 g/mol. The number of halogens is 1. The van der Waals surface area contributed by atoms with E-state index in [1.807, 2.05) is 0 Å². The van der Waals surface area contributed by atoms with E-state index >= 15 is 0 Å². The first-order chi connectivity index (χ1) is 9.24. The van der Waals surface area contributed by atoms with Crippen molar-refractivity contribution in [3.05, 3.63) is 7.43 Å². The van der Waals surface area contributed by atoms with Gasteiger partial charge in [0.1, 0.15) is 0 Å². The zero-order valence-corrected chi connectivity index (χ0v) is 14.5. The molecule has 0 radical (unpaired) electrons. The minimum atomic E-state index is 0. The molecule has 1 heterocycles. The van der Waals surface area contributed by atoms with Crippen LogP contribution in [0.1, 0.15) is 77.6 Å². The minimum Gasteiger partial charge on any atom is -0.373 e. The zero-order chi connectivity index (χ0) is 13.9. The highest BCUT2D eigenvalue weighted by Gasteiger charge is 2.30. The molecule has 0 aromatic rings. The van der Waals surface area contributed by atoms with E-state index in [9.17, 15) is 0 Å². The van der Waals surface area contributed by atoms with Gasteiger partial charge in [-0.3, -0.25) is 0 Å². The molecule has 0 aromatic heterocycles. The normalized spacial score (nSPS) is 20.2. The monoisotopic (exact) mass is 305 g/mol. The second-order valence-corrected chi connectivity index (χ2v) is 6.64. The van der Waals surface area contributed by atoms with Crippen molar-refractivity contribution in [3.8, 4) is 0 Å². The zero-order valence-electron chi connectivity index (χ0n) is 13.7. The van der Waals surface area contributed by atoms with Gasteiger partial charge in [0.25, 0.3) is 0 Å². The van der Waals surface area contributed by atoms with Gasteiger partial charge in [0.05, 0.1) is 12.7 Å². The molecule has 1 aliphatic rings. The summed E-state index contributed by atoms with van der Waals surface area (Å²) in [6.45, 7) is 3.22. The second kappa shape index (κ2) is 12.9. The van der Waals surface area contributed by atoms with E-state index in [2.05, 4.69) is 12.7 Å². The molecule has 1 saturated heterocycles. The van der Waals surface area contributed by atoms with Crippen LogP contribution in [0.15, 0.2) is 0 Å². The lowest BCUT2D eigenvalue weighted by Crippen LogP contribution is -2.61. The van der Waals surface area contributed by atoms with Gasteiger partial charge in [0, 0.05) is 5.92 Å². The molecule has 0 bridgehead atoms. The van der Waals surface area contributed by atoms with E-state index in [1.54, 1.807) is 0 Å². The highest BCUT2D eigenvalue weighted by Crippen LogP contribution is 2.26. The molecule has 3 N–H and O–H groups in total. The highest BCUT2D eigenvalue weighted by atomic mass is 35.5. The van der Waals surface area contributed by atoms with E-state index in [-0.39, 0.29) is 12.9 Å². The lowest BCUT2D eigenvalue weighted by molar-refractivity contribution is -0.402. The number of epoxide rings is 1. The number of rotatable bonds is 13. The van der Waals surface area contributed by atoms with Gasteiger partial charge in [-0.2, -0.15) is 0 Å². The Morgan fingerprint density at radius 3 is 2.00 bits per heavy atom. The third kappa shape index (κ3) is 10.9. The van der Waals surface area contributed by atoms with Crippen molar-refractivity contribution in [1.29, 1.82) is 0 Å². The van der Waals surface area contributed by atoms with Crippen molar-refractivity contribution in [2.45, 2.75) is 89.2 Å². The number of ether oxygens (including phenoxy) is 1. The third-order valence-electron chi connectivity index (χ3n) is 4.16. The molecule has 0 saturated carbocycles. The van der Waals surface area contributed by atoms with Gasteiger partial charge in [-0.15, -0.1) is 0 Å². The number of hydrogen-bond acceptors (Lipinski definition) is 1. The summed E-state index contributed by atoms with van der Waals surface area (Å²) >= 11 is 6.16. The Hall–Kier alpha value is 0.210. The van der Waals surface area contributed by atoms with Crippen molar-refractivity contribution in [1.82, 2.24) is 0 Å². The number of alkyl halides is 1. The first-order valence-corrected chi connectivity index (χ1v) is 8.76. The smallest absolute Gasteiger partial charge is 0.163 e. The fraction of sp³-hybridized carbons (Fsp3) is 0.941. The predicted molar refractivity (Wildman–Crippen MR) is 88.6 cm³/mol. The van der Waals surface area contributed by atoms with Crippen LogP contribution in [0.4, 0.5) is 0 Å². The molecule has 0 amide bonds. The molecule has 3 heteroatoms. The first kappa shape index (κ1) is 20.2. The fourth-order valence-electron chi connectivity index (χ4n) is 2.71. The van der Waals surface area contributed by atoms with Crippen LogP contribution < -0.4 is 5.73 Å². The van der Waals surface area contributed by atoms with Gasteiger partial charge in [-0.25, -0.2) is 0 Å². The Morgan fingerprint density at radius 1 is 1.05 bits per heavy atom. The van der Waals surface area contributed by atoms with Crippen LogP contribution in [-0.4, -0.2) is 18.2 Å².